The zero-order valence-corrected chi connectivity index (χ0v) is 20.5. The highest BCUT2D eigenvalue weighted by Crippen LogP contribution is 2.33. The number of hydrogen-bond acceptors (Lipinski definition) is 9. The van der Waals surface area contributed by atoms with Gasteiger partial charge in [-0.2, -0.15) is 0 Å². The van der Waals surface area contributed by atoms with Gasteiger partial charge in [0.25, 0.3) is 0 Å². The highest BCUT2D eigenvalue weighted by Gasteiger charge is 2.22. The molecule has 0 aliphatic carbocycles. The normalized spacial score (nSPS) is 14.5. The Hall–Kier alpha value is -3.79. The first-order valence-electron chi connectivity index (χ1n) is 11.9. The highest BCUT2D eigenvalue weighted by atomic mass is 16.5. The van der Waals surface area contributed by atoms with Crippen LogP contribution in [-0.2, 0) is 11.8 Å². The zero-order chi connectivity index (χ0) is 24.4. The molecular formula is C25H30N8O2. The summed E-state index contributed by atoms with van der Waals surface area (Å²) in [6, 6.07) is 7.90. The molecule has 10 heteroatoms. The first kappa shape index (κ1) is 23.0. The van der Waals surface area contributed by atoms with Gasteiger partial charge in [0.2, 0.25) is 5.95 Å². The van der Waals surface area contributed by atoms with Gasteiger partial charge >= 0.3 is 0 Å². The highest BCUT2D eigenvalue weighted by molar-refractivity contribution is 5.89. The first-order chi connectivity index (χ1) is 17.1. The molecule has 3 aromatic heterocycles. The number of rotatable bonds is 7. The molecular weight excluding hydrogens is 444 g/mol. The maximum atomic E-state index is 5.92. The molecule has 1 aromatic carbocycles. The molecule has 35 heavy (non-hydrogen) atoms. The number of hydrogen-bond donors (Lipinski definition) is 1. The second kappa shape index (κ2) is 9.83. The summed E-state index contributed by atoms with van der Waals surface area (Å²) < 4.78 is 13.3. The number of methoxy groups -OCH3 is 1. The standard InChI is InChI=1S/C25H30N8O2/c1-5-35-21-13-17(23-31-27-15-32(23)3)6-7-20(21)29-25-26-14-18-12-16(2)28-24(22(18)30-25)33-10-8-19(34-4)9-11-33/h6-7,12-15,19H,5,8-11H2,1-4H3,(H,26,29,30). The summed E-state index contributed by atoms with van der Waals surface area (Å²) in [5, 5.41) is 12.5. The lowest BCUT2D eigenvalue weighted by atomic mass is 10.1. The van der Waals surface area contributed by atoms with Crippen LogP contribution in [0.3, 0.4) is 0 Å². The van der Waals surface area contributed by atoms with E-state index in [9.17, 15) is 0 Å². The molecule has 1 fully saturated rings. The molecule has 4 heterocycles. The molecule has 5 rings (SSSR count). The Kier molecular flexibility index (Phi) is 6.45. The summed E-state index contributed by atoms with van der Waals surface area (Å²) in [5.74, 6) is 2.84. The SMILES string of the molecule is CCOc1cc(-c2nncn2C)ccc1Nc1ncc2cc(C)nc(N3CCC(OC)CC3)c2n1. The van der Waals surface area contributed by atoms with E-state index < -0.39 is 0 Å². The minimum absolute atomic E-state index is 0.302. The van der Waals surface area contributed by atoms with E-state index in [1.807, 2.05) is 55.9 Å². The van der Waals surface area contributed by atoms with Crippen molar-refractivity contribution in [3.63, 3.8) is 0 Å². The fraction of sp³-hybridized carbons (Fsp3) is 0.400. The Morgan fingerprint density at radius 2 is 1.97 bits per heavy atom. The topological polar surface area (TPSA) is 103 Å². The summed E-state index contributed by atoms with van der Waals surface area (Å²) in [7, 11) is 3.69. The van der Waals surface area contributed by atoms with Crippen molar-refractivity contribution in [2.45, 2.75) is 32.8 Å². The number of benzene rings is 1. The van der Waals surface area contributed by atoms with Gasteiger partial charge in [-0.05, 0) is 51.0 Å². The Balaban J connectivity index is 1.47. The molecule has 0 saturated carbocycles. The monoisotopic (exact) mass is 474 g/mol. The van der Waals surface area contributed by atoms with Crippen LogP contribution in [0.4, 0.5) is 17.5 Å². The lowest BCUT2D eigenvalue weighted by Gasteiger charge is -2.32. The largest absolute Gasteiger partial charge is 0.492 e. The van der Waals surface area contributed by atoms with Crippen molar-refractivity contribution in [3.05, 3.63) is 42.5 Å². The van der Waals surface area contributed by atoms with Crippen LogP contribution >= 0.6 is 0 Å². The van der Waals surface area contributed by atoms with E-state index in [-0.39, 0.29) is 0 Å². The van der Waals surface area contributed by atoms with Crippen LogP contribution in [0.2, 0.25) is 0 Å². The zero-order valence-electron chi connectivity index (χ0n) is 20.5. The molecule has 0 bridgehead atoms. The predicted octanol–water partition coefficient (Wildman–Crippen LogP) is 3.89. The van der Waals surface area contributed by atoms with Gasteiger partial charge in [0.1, 0.15) is 17.6 Å². The van der Waals surface area contributed by atoms with Crippen molar-refractivity contribution in [1.82, 2.24) is 29.7 Å². The molecule has 0 atom stereocenters. The van der Waals surface area contributed by atoms with Gasteiger partial charge in [0, 0.05) is 50.1 Å². The van der Waals surface area contributed by atoms with E-state index in [1.165, 1.54) is 0 Å². The molecule has 1 saturated heterocycles. The number of aromatic nitrogens is 6. The number of anilines is 3. The number of pyridine rings is 1. The molecule has 1 N–H and O–H groups in total. The van der Waals surface area contributed by atoms with Gasteiger partial charge in [-0.1, -0.05) is 0 Å². The molecule has 0 amide bonds. The lowest BCUT2D eigenvalue weighted by molar-refractivity contribution is 0.0818. The van der Waals surface area contributed by atoms with Gasteiger partial charge in [0.05, 0.1) is 18.4 Å². The van der Waals surface area contributed by atoms with Crippen molar-refractivity contribution in [2.24, 2.45) is 7.05 Å². The van der Waals surface area contributed by atoms with Gasteiger partial charge in [0.15, 0.2) is 11.6 Å². The third kappa shape index (κ3) is 4.74. The summed E-state index contributed by atoms with van der Waals surface area (Å²) in [6.45, 7) is 6.26. The smallest absolute Gasteiger partial charge is 0.227 e. The number of nitrogens with zero attached hydrogens (tertiary/aromatic N) is 7. The van der Waals surface area contributed by atoms with Crippen molar-refractivity contribution >= 4 is 28.4 Å². The van der Waals surface area contributed by atoms with Crippen LogP contribution < -0.4 is 15.0 Å². The van der Waals surface area contributed by atoms with E-state index in [0.29, 0.717) is 24.4 Å². The van der Waals surface area contributed by atoms with Crippen LogP contribution in [0.15, 0.2) is 36.8 Å². The third-order valence-electron chi connectivity index (χ3n) is 6.25. The van der Waals surface area contributed by atoms with Crippen LogP contribution in [0.5, 0.6) is 5.75 Å². The van der Waals surface area contributed by atoms with E-state index in [0.717, 1.165) is 65.4 Å². The number of nitrogens with one attached hydrogen (secondary N) is 1. The fourth-order valence-electron chi connectivity index (χ4n) is 4.44. The average Bonchev–Trinajstić information content (AvgIpc) is 3.31. The Morgan fingerprint density at radius 3 is 2.69 bits per heavy atom. The molecule has 182 valence electrons. The van der Waals surface area contributed by atoms with Crippen LogP contribution in [0, 0.1) is 6.92 Å². The van der Waals surface area contributed by atoms with Crippen molar-refractivity contribution in [2.75, 3.05) is 37.0 Å². The summed E-state index contributed by atoms with van der Waals surface area (Å²) in [4.78, 5) is 16.6. The van der Waals surface area contributed by atoms with E-state index in [1.54, 1.807) is 13.4 Å². The van der Waals surface area contributed by atoms with Crippen molar-refractivity contribution in [1.29, 1.82) is 0 Å². The van der Waals surface area contributed by atoms with E-state index in [4.69, 9.17) is 19.4 Å². The fourth-order valence-corrected chi connectivity index (χ4v) is 4.44. The maximum absolute atomic E-state index is 5.92. The average molecular weight is 475 g/mol. The van der Waals surface area contributed by atoms with Gasteiger partial charge in [-0.15, -0.1) is 10.2 Å². The second-order valence-electron chi connectivity index (χ2n) is 8.68. The third-order valence-corrected chi connectivity index (χ3v) is 6.25. The van der Waals surface area contributed by atoms with Gasteiger partial charge in [-0.25, -0.2) is 15.0 Å². The van der Waals surface area contributed by atoms with Crippen molar-refractivity contribution < 1.29 is 9.47 Å². The summed E-state index contributed by atoms with van der Waals surface area (Å²) >= 11 is 0. The minimum atomic E-state index is 0.302. The molecule has 1 aliphatic rings. The van der Waals surface area contributed by atoms with Gasteiger partial charge in [-0.3, -0.25) is 0 Å². The minimum Gasteiger partial charge on any atom is -0.492 e. The Bertz CT molecular complexity index is 1330. The van der Waals surface area contributed by atoms with Crippen molar-refractivity contribution in [3.8, 4) is 17.1 Å². The lowest BCUT2D eigenvalue weighted by Crippen LogP contribution is -2.37. The quantitative estimate of drug-likeness (QED) is 0.427. The molecule has 4 aromatic rings. The van der Waals surface area contributed by atoms with Crippen LogP contribution in [0.1, 0.15) is 25.5 Å². The Labute approximate surface area is 204 Å². The van der Waals surface area contributed by atoms with Crippen LogP contribution in [-0.4, -0.2) is 62.6 Å². The molecule has 0 unspecified atom stereocenters. The second-order valence-corrected chi connectivity index (χ2v) is 8.68. The number of piperidine rings is 1. The first-order valence-corrected chi connectivity index (χ1v) is 11.9. The predicted molar refractivity (Wildman–Crippen MR) is 135 cm³/mol. The van der Waals surface area contributed by atoms with E-state index >= 15 is 0 Å². The maximum Gasteiger partial charge on any atom is 0.227 e. The molecule has 0 spiro atoms. The van der Waals surface area contributed by atoms with Gasteiger partial charge < -0.3 is 24.3 Å². The summed E-state index contributed by atoms with van der Waals surface area (Å²) in [6.07, 6.45) is 5.77. The molecule has 1 aliphatic heterocycles. The number of aryl methyl sites for hydroxylation is 2. The number of fused-ring (bicyclic) bond motifs is 1. The Morgan fingerprint density at radius 1 is 1.14 bits per heavy atom. The summed E-state index contributed by atoms with van der Waals surface area (Å²) in [5.41, 5.74) is 3.47. The molecule has 0 radical (unpaired) electrons. The van der Waals surface area contributed by atoms with Crippen LogP contribution in [0.25, 0.3) is 22.3 Å². The number of ether oxygens (including phenoxy) is 2. The van der Waals surface area contributed by atoms with E-state index in [2.05, 4.69) is 25.4 Å². The molecule has 10 nitrogen and oxygen atoms in total.